The molecule has 0 bridgehead atoms. The lowest BCUT2D eigenvalue weighted by Gasteiger charge is -2.41. The number of rotatable bonds is 14. The summed E-state index contributed by atoms with van der Waals surface area (Å²) in [5, 5.41) is 21.7. The van der Waals surface area contributed by atoms with E-state index in [0.717, 1.165) is 27.8 Å². The third-order valence-corrected chi connectivity index (χ3v) is 10.8. The number of hydrogen-bond acceptors (Lipinski definition) is 8. The lowest BCUT2D eigenvalue weighted by Crippen LogP contribution is -2.45. The molecule has 1 aliphatic heterocycles. The Kier molecular flexibility index (Phi) is 12.4. The second-order valence-corrected chi connectivity index (χ2v) is 14.8. The van der Waals surface area contributed by atoms with Gasteiger partial charge in [0, 0.05) is 28.7 Å². The molecule has 0 aromatic heterocycles. The van der Waals surface area contributed by atoms with Crippen molar-refractivity contribution in [3.05, 3.63) is 131 Å². The molecule has 1 aliphatic rings. The zero-order valence-corrected chi connectivity index (χ0v) is 28.6. The molecule has 4 aromatic rings. The van der Waals surface area contributed by atoms with Gasteiger partial charge in [0.1, 0.15) is 6.04 Å². The molecule has 5 rings (SSSR count). The number of anilines is 1. The number of aliphatic hydroxyl groups is 2. The summed E-state index contributed by atoms with van der Waals surface area (Å²) in [5.74, 6) is 0.821. The van der Waals surface area contributed by atoms with E-state index in [-0.39, 0.29) is 42.7 Å². The number of amides is 1. The van der Waals surface area contributed by atoms with Crippen molar-refractivity contribution in [3.63, 3.8) is 0 Å². The Bertz CT molecular complexity index is 1720. The summed E-state index contributed by atoms with van der Waals surface area (Å²) in [5.41, 5.74) is 4.79. The minimum Gasteiger partial charge on any atom is -0.396 e. The van der Waals surface area contributed by atoms with Crippen LogP contribution in [0.1, 0.15) is 47.1 Å². The Balaban J connectivity index is 1.33. The first-order valence-corrected chi connectivity index (χ1v) is 18.5. The molecule has 1 amide bonds. The van der Waals surface area contributed by atoms with E-state index in [1.165, 1.54) is 12.1 Å². The summed E-state index contributed by atoms with van der Waals surface area (Å²) in [6.45, 7) is 4.01. The first kappa shape index (κ1) is 35.7. The summed E-state index contributed by atoms with van der Waals surface area (Å²) < 4.78 is 42.1. The van der Waals surface area contributed by atoms with Crippen LogP contribution >= 0.6 is 11.8 Å². The smallest absolute Gasteiger partial charge is 0.242 e. The standard InChI is InChI=1S/C37H42N2O7S2/c1-25-8-18-32(19-9-25)48(43,44)39-33(22-27-6-4-3-5-7-27)36(42)38-31-16-14-30(15-17-31)37-45-34(24-47-21-20-40)26(2)35(46-37)29-12-10-28(23-41)11-13-29/h3-19,26,33-35,37,39-41H,20-24H2,1-2H3,(H,38,42). The van der Waals surface area contributed by atoms with Crippen molar-refractivity contribution in [2.45, 2.75) is 56.3 Å². The molecule has 254 valence electrons. The van der Waals surface area contributed by atoms with E-state index in [1.54, 1.807) is 36.0 Å². The van der Waals surface area contributed by atoms with Crippen LogP contribution in [0.3, 0.4) is 0 Å². The van der Waals surface area contributed by atoms with Gasteiger partial charge in [0.05, 0.1) is 30.3 Å². The molecular weight excluding hydrogens is 649 g/mol. The van der Waals surface area contributed by atoms with E-state index in [9.17, 15) is 23.4 Å². The Hall–Kier alpha value is -3.55. The van der Waals surface area contributed by atoms with Gasteiger partial charge in [-0.1, -0.05) is 91.3 Å². The third kappa shape index (κ3) is 9.32. The number of sulfonamides is 1. The first-order valence-electron chi connectivity index (χ1n) is 15.9. The summed E-state index contributed by atoms with van der Waals surface area (Å²) in [6, 6.07) is 29.5. The van der Waals surface area contributed by atoms with Crippen LogP contribution in [0.5, 0.6) is 0 Å². The van der Waals surface area contributed by atoms with Gasteiger partial charge in [-0.15, -0.1) is 0 Å². The topological polar surface area (TPSA) is 134 Å². The Labute approximate surface area is 286 Å². The van der Waals surface area contributed by atoms with Gasteiger partial charge < -0.3 is 25.0 Å². The number of thioether (sulfide) groups is 1. The largest absolute Gasteiger partial charge is 0.396 e. The molecule has 1 fully saturated rings. The van der Waals surface area contributed by atoms with Gasteiger partial charge in [0.2, 0.25) is 15.9 Å². The van der Waals surface area contributed by atoms with E-state index < -0.39 is 28.3 Å². The highest BCUT2D eigenvalue weighted by atomic mass is 32.2. The van der Waals surface area contributed by atoms with E-state index in [4.69, 9.17) is 9.47 Å². The van der Waals surface area contributed by atoms with E-state index in [1.807, 2.05) is 73.7 Å². The lowest BCUT2D eigenvalue weighted by atomic mass is 9.91. The Morgan fingerprint density at radius 3 is 2.17 bits per heavy atom. The molecule has 5 unspecified atom stereocenters. The van der Waals surface area contributed by atoms with Gasteiger partial charge in [0.15, 0.2) is 6.29 Å². The molecule has 0 saturated carbocycles. The maximum absolute atomic E-state index is 13.6. The number of carbonyl (C=O) groups is 1. The van der Waals surface area contributed by atoms with Gasteiger partial charge in [-0.25, -0.2) is 8.42 Å². The van der Waals surface area contributed by atoms with Crippen LogP contribution in [0.15, 0.2) is 108 Å². The molecule has 0 spiro atoms. The molecule has 4 aromatic carbocycles. The average molecular weight is 691 g/mol. The zero-order chi connectivity index (χ0) is 34.1. The number of aryl methyl sites for hydroxylation is 1. The minimum atomic E-state index is -3.98. The van der Waals surface area contributed by atoms with Crippen molar-refractivity contribution in [2.75, 3.05) is 23.4 Å². The molecule has 1 saturated heterocycles. The van der Waals surface area contributed by atoms with Crippen LogP contribution in [0, 0.1) is 12.8 Å². The third-order valence-electron chi connectivity index (χ3n) is 8.32. The quantitative estimate of drug-likeness (QED) is 0.127. The van der Waals surface area contributed by atoms with Crippen molar-refractivity contribution in [1.82, 2.24) is 4.72 Å². The number of aliphatic hydroxyl groups excluding tert-OH is 2. The van der Waals surface area contributed by atoms with Crippen molar-refractivity contribution >= 4 is 33.4 Å². The van der Waals surface area contributed by atoms with Crippen LogP contribution in [0.2, 0.25) is 0 Å². The zero-order valence-electron chi connectivity index (χ0n) is 27.0. The Morgan fingerprint density at radius 2 is 1.52 bits per heavy atom. The van der Waals surface area contributed by atoms with Gasteiger partial charge in [0.25, 0.3) is 0 Å². The summed E-state index contributed by atoms with van der Waals surface area (Å²) in [7, 11) is -3.98. The molecular formula is C37H42N2O7S2. The molecule has 11 heteroatoms. The normalized spacial score (nSPS) is 20.2. The molecule has 0 aliphatic carbocycles. The summed E-state index contributed by atoms with van der Waals surface area (Å²) in [4.78, 5) is 13.7. The maximum atomic E-state index is 13.6. The maximum Gasteiger partial charge on any atom is 0.242 e. The number of benzene rings is 4. The molecule has 0 radical (unpaired) electrons. The predicted octanol–water partition coefficient (Wildman–Crippen LogP) is 5.53. The second kappa shape index (κ2) is 16.7. The fourth-order valence-electron chi connectivity index (χ4n) is 5.54. The highest BCUT2D eigenvalue weighted by Gasteiger charge is 2.38. The van der Waals surface area contributed by atoms with Crippen molar-refractivity contribution < 1.29 is 32.9 Å². The highest BCUT2D eigenvalue weighted by Crippen LogP contribution is 2.42. The summed E-state index contributed by atoms with van der Waals surface area (Å²) in [6.07, 6.45) is -0.938. The molecule has 5 atom stereocenters. The molecule has 1 heterocycles. The van der Waals surface area contributed by atoms with Gasteiger partial charge >= 0.3 is 0 Å². The first-order chi connectivity index (χ1) is 23.2. The van der Waals surface area contributed by atoms with Crippen LogP contribution < -0.4 is 10.0 Å². The monoisotopic (exact) mass is 690 g/mol. The van der Waals surface area contributed by atoms with E-state index in [2.05, 4.69) is 17.0 Å². The fourth-order valence-corrected chi connectivity index (χ4v) is 7.64. The van der Waals surface area contributed by atoms with E-state index in [0.29, 0.717) is 17.2 Å². The Morgan fingerprint density at radius 1 is 0.854 bits per heavy atom. The molecule has 4 N–H and O–H groups in total. The lowest BCUT2D eigenvalue weighted by molar-refractivity contribution is -0.268. The summed E-state index contributed by atoms with van der Waals surface area (Å²) >= 11 is 1.62. The SMILES string of the molecule is Cc1ccc(S(=O)(=O)NC(Cc2ccccc2)C(=O)Nc2ccc(C3OC(CSCCO)C(C)C(c4ccc(CO)cc4)O3)cc2)cc1. The minimum absolute atomic E-state index is 0.0243. The van der Waals surface area contributed by atoms with Gasteiger partial charge in [-0.05, 0) is 54.3 Å². The average Bonchev–Trinajstić information content (AvgIpc) is 3.10. The van der Waals surface area contributed by atoms with Crippen LogP contribution in [0.4, 0.5) is 5.69 Å². The van der Waals surface area contributed by atoms with Crippen molar-refractivity contribution in [3.8, 4) is 0 Å². The second-order valence-electron chi connectivity index (χ2n) is 11.9. The van der Waals surface area contributed by atoms with Gasteiger partial charge in [-0.3, -0.25) is 4.79 Å². The fraction of sp³-hybridized carbons (Fsp3) is 0.324. The van der Waals surface area contributed by atoms with Crippen LogP contribution in [0.25, 0.3) is 0 Å². The molecule has 48 heavy (non-hydrogen) atoms. The number of carbonyl (C=O) groups excluding carboxylic acids is 1. The van der Waals surface area contributed by atoms with Crippen molar-refractivity contribution in [2.24, 2.45) is 5.92 Å². The highest BCUT2D eigenvalue weighted by molar-refractivity contribution is 7.99. The van der Waals surface area contributed by atoms with Crippen LogP contribution in [-0.2, 0) is 37.3 Å². The number of nitrogens with one attached hydrogen (secondary N) is 2. The predicted molar refractivity (Wildman–Crippen MR) is 188 cm³/mol. The number of hydrogen-bond donors (Lipinski definition) is 4. The van der Waals surface area contributed by atoms with Crippen molar-refractivity contribution in [1.29, 1.82) is 0 Å². The van der Waals surface area contributed by atoms with E-state index >= 15 is 0 Å². The van der Waals surface area contributed by atoms with Crippen LogP contribution in [-0.4, -0.2) is 54.8 Å². The van der Waals surface area contributed by atoms with Gasteiger partial charge in [-0.2, -0.15) is 16.5 Å². The molecule has 9 nitrogen and oxygen atoms in total. The number of ether oxygens (including phenoxy) is 2.